The zero-order valence-corrected chi connectivity index (χ0v) is 10.5. The molecule has 1 N–H and O–H groups in total. The Kier molecular flexibility index (Phi) is 4.42. The van der Waals surface area contributed by atoms with Crippen molar-refractivity contribution in [2.75, 3.05) is 6.54 Å². The van der Waals surface area contributed by atoms with Crippen LogP contribution in [0.25, 0.3) is 11.1 Å². The van der Waals surface area contributed by atoms with Crippen molar-refractivity contribution in [1.82, 2.24) is 10.3 Å². The summed E-state index contributed by atoms with van der Waals surface area (Å²) in [6.07, 6.45) is 4.57. The summed E-state index contributed by atoms with van der Waals surface area (Å²) >= 11 is 0. The van der Waals surface area contributed by atoms with Crippen LogP contribution in [0.1, 0.15) is 18.9 Å². The lowest BCUT2D eigenvalue weighted by Gasteiger charge is -2.10. The number of aromatic nitrogens is 1. The smallest absolute Gasteiger partial charge is 0.123 e. The molecule has 0 aliphatic heterocycles. The topological polar surface area (TPSA) is 24.9 Å². The zero-order chi connectivity index (χ0) is 12.8. The molecule has 0 radical (unpaired) electrons. The molecule has 0 unspecified atom stereocenters. The first-order valence-electron chi connectivity index (χ1n) is 6.21. The fourth-order valence-corrected chi connectivity index (χ4v) is 1.92. The third kappa shape index (κ3) is 3.14. The average Bonchev–Trinajstić information content (AvgIpc) is 2.40. The lowest BCUT2D eigenvalue weighted by atomic mass is 10.0. The molecule has 94 valence electrons. The summed E-state index contributed by atoms with van der Waals surface area (Å²) in [6, 6.07) is 8.80. The van der Waals surface area contributed by atoms with E-state index in [0.717, 1.165) is 29.7 Å². The van der Waals surface area contributed by atoms with Gasteiger partial charge in [0.2, 0.25) is 0 Å². The summed E-state index contributed by atoms with van der Waals surface area (Å²) in [6.45, 7) is 3.73. The molecular weight excluding hydrogens is 227 g/mol. The van der Waals surface area contributed by atoms with E-state index in [4.69, 9.17) is 0 Å². The molecule has 0 saturated heterocycles. The Balaban J connectivity index is 2.29. The lowest BCUT2D eigenvalue weighted by Crippen LogP contribution is -2.14. The van der Waals surface area contributed by atoms with Gasteiger partial charge in [0.05, 0.1) is 0 Å². The number of pyridine rings is 1. The predicted octanol–water partition coefficient (Wildman–Crippen LogP) is 3.39. The molecule has 0 bridgehead atoms. The van der Waals surface area contributed by atoms with E-state index >= 15 is 0 Å². The van der Waals surface area contributed by atoms with Crippen LogP contribution in [0.4, 0.5) is 4.39 Å². The molecule has 0 fully saturated rings. The van der Waals surface area contributed by atoms with Gasteiger partial charge in [-0.1, -0.05) is 13.0 Å². The molecule has 1 heterocycles. The van der Waals surface area contributed by atoms with Gasteiger partial charge in [-0.3, -0.25) is 4.98 Å². The van der Waals surface area contributed by atoms with Gasteiger partial charge in [-0.2, -0.15) is 0 Å². The van der Waals surface area contributed by atoms with Gasteiger partial charge in [-0.05, 0) is 53.9 Å². The third-order valence-corrected chi connectivity index (χ3v) is 2.80. The molecular formula is C15H17FN2. The number of hydrogen-bond acceptors (Lipinski definition) is 2. The van der Waals surface area contributed by atoms with Gasteiger partial charge in [0, 0.05) is 18.9 Å². The highest BCUT2D eigenvalue weighted by Crippen LogP contribution is 2.23. The van der Waals surface area contributed by atoms with Crippen LogP contribution in [0.2, 0.25) is 0 Å². The van der Waals surface area contributed by atoms with Gasteiger partial charge in [0.25, 0.3) is 0 Å². The highest BCUT2D eigenvalue weighted by Gasteiger charge is 2.06. The van der Waals surface area contributed by atoms with Crippen LogP contribution in [-0.4, -0.2) is 11.5 Å². The quantitative estimate of drug-likeness (QED) is 0.815. The van der Waals surface area contributed by atoms with E-state index in [9.17, 15) is 4.39 Å². The minimum atomic E-state index is -0.193. The predicted molar refractivity (Wildman–Crippen MR) is 71.6 cm³/mol. The summed E-state index contributed by atoms with van der Waals surface area (Å²) in [5.74, 6) is -0.193. The average molecular weight is 244 g/mol. The number of nitrogens with one attached hydrogen (secondary N) is 1. The first kappa shape index (κ1) is 12.7. The second-order valence-electron chi connectivity index (χ2n) is 4.21. The molecule has 2 rings (SSSR count). The highest BCUT2D eigenvalue weighted by atomic mass is 19.1. The monoisotopic (exact) mass is 244 g/mol. The maximum atomic E-state index is 13.3. The number of halogens is 1. The molecule has 0 aliphatic carbocycles. The molecule has 0 spiro atoms. The molecule has 1 aromatic carbocycles. The first-order valence-corrected chi connectivity index (χ1v) is 6.21. The molecule has 0 aliphatic rings. The largest absolute Gasteiger partial charge is 0.313 e. The Hall–Kier alpha value is -1.74. The number of benzene rings is 1. The SMILES string of the molecule is CCCNCc1cc(F)ccc1-c1ccncc1. The fourth-order valence-electron chi connectivity index (χ4n) is 1.92. The molecule has 0 saturated carbocycles. The lowest BCUT2D eigenvalue weighted by molar-refractivity contribution is 0.619. The number of nitrogens with zero attached hydrogens (tertiary/aromatic N) is 1. The van der Waals surface area contributed by atoms with E-state index in [0.29, 0.717) is 6.54 Å². The van der Waals surface area contributed by atoms with Crippen molar-refractivity contribution in [3.8, 4) is 11.1 Å². The van der Waals surface area contributed by atoms with E-state index in [2.05, 4.69) is 17.2 Å². The Labute approximate surface area is 107 Å². The van der Waals surface area contributed by atoms with Crippen molar-refractivity contribution < 1.29 is 4.39 Å². The third-order valence-electron chi connectivity index (χ3n) is 2.80. The van der Waals surface area contributed by atoms with Crippen LogP contribution >= 0.6 is 0 Å². The van der Waals surface area contributed by atoms with Gasteiger partial charge >= 0.3 is 0 Å². The summed E-state index contributed by atoms with van der Waals surface area (Å²) in [7, 11) is 0. The van der Waals surface area contributed by atoms with Crippen LogP contribution < -0.4 is 5.32 Å². The number of rotatable bonds is 5. The van der Waals surface area contributed by atoms with Crippen molar-refractivity contribution in [2.45, 2.75) is 19.9 Å². The summed E-state index contributed by atoms with van der Waals surface area (Å²) in [4.78, 5) is 4.00. The molecule has 0 atom stereocenters. The zero-order valence-electron chi connectivity index (χ0n) is 10.5. The maximum absolute atomic E-state index is 13.3. The van der Waals surface area contributed by atoms with Crippen molar-refractivity contribution in [1.29, 1.82) is 0 Å². The van der Waals surface area contributed by atoms with Gasteiger partial charge < -0.3 is 5.32 Å². The normalized spacial score (nSPS) is 10.6. The van der Waals surface area contributed by atoms with Gasteiger partial charge in [-0.25, -0.2) is 4.39 Å². The van der Waals surface area contributed by atoms with E-state index in [1.807, 2.05) is 18.2 Å². The molecule has 3 heteroatoms. The van der Waals surface area contributed by atoms with E-state index in [1.54, 1.807) is 18.5 Å². The summed E-state index contributed by atoms with van der Waals surface area (Å²) in [5.41, 5.74) is 3.11. The Morgan fingerprint density at radius 3 is 2.67 bits per heavy atom. The van der Waals surface area contributed by atoms with Gasteiger partial charge in [0.15, 0.2) is 0 Å². The Morgan fingerprint density at radius 1 is 1.17 bits per heavy atom. The van der Waals surface area contributed by atoms with E-state index in [1.165, 1.54) is 6.07 Å². The van der Waals surface area contributed by atoms with Crippen molar-refractivity contribution >= 4 is 0 Å². The minimum Gasteiger partial charge on any atom is -0.313 e. The molecule has 2 aromatic rings. The van der Waals surface area contributed by atoms with Crippen molar-refractivity contribution in [3.05, 3.63) is 54.1 Å². The van der Waals surface area contributed by atoms with Crippen LogP contribution in [0, 0.1) is 5.82 Å². The summed E-state index contributed by atoms with van der Waals surface area (Å²) < 4.78 is 13.3. The molecule has 2 nitrogen and oxygen atoms in total. The van der Waals surface area contributed by atoms with Gasteiger partial charge in [0.1, 0.15) is 5.82 Å². The molecule has 1 aromatic heterocycles. The second kappa shape index (κ2) is 6.26. The standard InChI is InChI=1S/C15H17FN2/c1-2-7-18-11-13-10-14(16)3-4-15(13)12-5-8-17-9-6-12/h3-6,8-10,18H,2,7,11H2,1H3. The summed E-state index contributed by atoms with van der Waals surface area (Å²) in [5, 5.41) is 3.31. The Bertz CT molecular complexity index is 497. The van der Waals surface area contributed by atoms with E-state index < -0.39 is 0 Å². The van der Waals surface area contributed by atoms with Crippen LogP contribution in [0.5, 0.6) is 0 Å². The van der Waals surface area contributed by atoms with Crippen molar-refractivity contribution in [2.24, 2.45) is 0 Å². The van der Waals surface area contributed by atoms with Gasteiger partial charge in [-0.15, -0.1) is 0 Å². The second-order valence-corrected chi connectivity index (χ2v) is 4.21. The minimum absolute atomic E-state index is 0.193. The first-order chi connectivity index (χ1) is 8.81. The number of hydrogen-bond donors (Lipinski definition) is 1. The Morgan fingerprint density at radius 2 is 1.94 bits per heavy atom. The highest BCUT2D eigenvalue weighted by molar-refractivity contribution is 5.66. The maximum Gasteiger partial charge on any atom is 0.123 e. The van der Waals surface area contributed by atoms with Crippen molar-refractivity contribution in [3.63, 3.8) is 0 Å². The van der Waals surface area contributed by atoms with E-state index in [-0.39, 0.29) is 5.82 Å². The van der Waals surface area contributed by atoms with Crippen LogP contribution in [-0.2, 0) is 6.54 Å². The molecule has 18 heavy (non-hydrogen) atoms. The molecule has 0 amide bonds. The van der Waals surface area contributed by atoms with Crippen LogP contribution in [0.3, 0.4) is 0 Å². The fraction of sp³-hybridized carbons (Fsp3) is 0.267. The van der Waals surface area contributed by atoms with Crippen LogP contribution in [0.15, 0.2) is 42.7 Å².